The maximum absolute atomic E-state index is 13.2. The van der Waals surface area contributed by atoms with Gasteiger partial charge < -0.3 is 24.0 Å². The summed E-state index contributed by atoms with van der Waals surface area (Å²) in [5.41, 5.74) is -0.0658. The average molecular weight is 520 g/mol. The monoisotopic (exact) mass is 519 g/mol. The van der Waals surface area contributed by atoms with Crippen molar-refractivity contribution in [1.29, 1.82) is 0 Å². The summed E-state index contributed by atoms with van der Waals surface area (Å²) in [4.78, 5) is 34.2. The minimum absolute atomic E-state index is 0.0172. The molecular formula is C25H34ClN5O5. The van der Waals surface area contributed by atoms with E-state index in [1.165, 1.54) is 0 Å². The third kappa shape index (κ3) is 6.54. The molecule has 0 N–H and O–H groups in total. The molecule has 11 heteroatoms. The van der Waals surface area contributed by atoms with Crippen molar-refractivity contribution in [2.24, 2.45) is 0 Å². The summed E-state index contributed by atoms with van der Waals surface area (Å²) in [6.07, 6.45) is 0.402. The highest BCUT2D eigenvalue weighted by Crippen LogP contribution is 2.28. The van der Waals surface area contributed by atoms with Gasteiger partial charge in [0.15, 0.2) is 0 Å². The highest BCUT2D eigenvalue weighted by molar-refractivity contribution is 6.31. The van der Waals surface area contributed by atoms with E-state index in [1.807, 2.05) is 26.8 Å². The van der Waals surface area contributed by atoms with Crippen LogP contribution in [0.1, 0.15) is 30.1 Å². The van der Waals surface area contributed by atoms with Crippen LogP contribution in [0.25, 0.3) is 0 Å². The molecule has 0 bridgehead atoms. The number of rotatable bonds is 8. The Kier molecular flexibility index (Phi) is 8.48. The van der Waals surface area contributed by atoms with E-state index in [0.717, 1.165) is 11.4 Å². The lowest BCUT2D eigenvalue weighted by Gasteiger charge is -2.43. The first kappa shape index (κ1) is 26.4. The molecule has 1 aromatic carbocycles. The number of aromatic nitrogens is 3. The molecule has 10 nitrogen and oxygen atoms in total. The van der Waals surface area contributed by atoms with Crippen molar-refractivity contribution in [2.45, 2.75) is 45.8 Å². The van der Waals surface area contributed by atoms with Crippen LogP contribution in [-0.4, -0.2) is 94.6 Å². The van der Waals surface area contributed by atoms with Crippen LogP contribution in [0.3, 0.4) is 0 Å². The molecule has 1 atom stereocenters. The van der Waals surface area contributed by atoms with Crippen LogP contribution in [0.5, 0.6) is 5.75 Å². The maximum atomic E-state index is 13.2. The molecule has 0 radical (unpaired) electrons. The fraction of sp³-hybridized carbons (Fsp3) is 0.600. The third-order valence-corrected chi connectivity index (χ3v) is 6.99. The van der Waals surface area contributed by atoms with Crippen molar-refractivity contribution in [2.75, 3.05) is 52.6 Å². The molecule has 36 heavy (non-hydrogen) atoms. The molecule has 2 aliphatic rings. The van der Waals surface area contributed by atoms with Crippen molar-refractivity contribution >= 4 is 23.4 Å². The highest BCUT2D eigenvalue weighted by Gasteiger charge is 2.42. The molecule has 2 aliphatic heterocycles. The number of morpholine rings is 2. The molecule has 0 saturated carbocycles. The van der Waals surface area contributed by atoms with Crippen LogP contribution < -0.4 is 4.74 Å². The van der Waals surface area contributed by atoms with E-state index in [1.54, 1.807) is 26.6 Å². The quantitative estimate of drug-likeness (QED) is 0.527. The smallest absolute Gasteiger partial charge is 0.225 e. The minimum Gasteiger partial charge on any atom is -0.490 e. The van der Waals surface area contributed by atoms with Crippen LogP contribution in [0.2, 0.25) is 5.02 Å². The average Bonchev–Trinajstić information content (AvgIpc) is 3.20. The van der Waals surface area contributed by atoms with Gasteiger partial charge in [0, 0.05) is 31.1 Å². The van der Waals surface area contributed by atoms with E-state index < -0.39 is 5.60 Å². The number of halogens is 1. The molecule has 1 unspecified atom stereocenters. The lowest BCUT2D eigenvalue weighted by atomic mass is 9.96. The summed E-state index contributed by atoms with van der Waals surface area (Å²) >= 11 is 6.16. The first-order valence-corrected chi connectivity index (χ1v) is 12.7. The Balaban J connectivity index is 1.46. The van der Waals surface area contributed by atoms with Crippen molar-refractivity contribution in [1.82, 2.24) is 24.6 Å². The zero-order valence-corrected chi connectivity index (χ0v) is 21.9. The predicted octanol–water partition coefficient (Wildman–Crippen LogP) is 2.17. The number of hydrogen-bond donors (Lipinski definition) is 0. The van der Waals surface area contributed by atoms with Gasteiger partial charge in [0.25, 0.3) is 0 Å². The second-order valence-electron chi connectivity index (χ2n) is 9.40. The Morgan fingerprint density at radius 1 is 1.08 bits per heavy atom. The lowest BCUT2D eigenvalue weighted by molar-refractivity contribution is -0.167. The standard InChI is InChI=1S/C25H34ClN5O5/c1-18-14-21(4-5-22(18)26)35-17-25(15-24(33)29-8-11-34-12-9-29)16-30(10-13-36-25)23(32)6-7-31-20(3)27-19(2)28-31/h4-5,14H,6-13,15-17H2,1-3H3. The minimum atomic E-state index is -0.962. The van der Waals surface area contributed by atoms with Gasteiger partial charge in [0.05, 0.1) is 39.3 Å². The van der Waals surface area contributed by atoms with Gasteiger partial charge in [-0.2, -0.15) is 5.10 Å². The van der Waals surface area contributed by atoms with Crippen LogP contribution in [0.15, 0.2) is 18.2 Å². The van der Waals surface area contributed by atoms with Gasteiger partial charge in [-0.15, -0.1) is 0 Å². The van der Waals surface area contributed by atoms with E-state index in [4.69, 9.17) is 25.8 Å². The molecule has 2 aromatic rings. The summed E-state index contributed by atoms with van der Waals surface area (Å²) < 4.78 is 19.5. The Morgan fingerprint density at radius 2 is 1.83 bits per heavy atom. The Bertz CT molecular complexity index is 1090. The van der Waals surface area contributed by atoms with Crippen LogP contribution in [0.4, 0.5) is 0 Å². The summed E-state index contributed by atoms with van der Waals surface area (Å²) in [6.45, 7) is 9.38. The third-order valence-electron chi connectivity index (χ3n) is 6.57. The topological polar surface area (TPSA) is 99.0 Å². The number of carbonyl (C=O) groups excluding carboxylic acids is 2. The Hall–Kier alpha value is -2.69. The van der Waals surface area contributed by atoms with Crippen molar-refractivity contribution in [3.63, 3.8) is 0 Å². The highest BCUT2D eigenvalue weighted by atomic mass is 35.5. The van der Waals surface area contributed by atoms with Gasteiger partial charge in [-0.05, 0) is 44.5 Å². The van der Waals surface area contributed by atoms with Crippen molar-refractivity contribution in [3.05, 3.63) is 40.4 Å². The predicted molar refractivity (Wildman–Crippen MR) is 133 cm³/mol. The lowest BCUT2D eigenvalue weighted by Crippen LogP contribution is -2.58. The van der Waals surface area contributed by atoms with E-state index in [-0.39, 0.29) is 37.8 Å². The first-order valence-electron chi connectivity index (χ1n) is 12.3. The fourth-order valence-corrected chi connectivity index (χ4v) is 4.68. The van der Waals surface area contributed by atoms with Gasteiger partial charge in [0.2, 0.25) is 11.8 Å². The van der Waals surface area contributed by atoms with Gasteiger partial charge in [0.1, 0.15) is 29.6 Å². The number of amides is 2. The summed E-state index contributed by atoms with van der Waals surface area (Å²) in [5.74, 6) is 2.05. The summed E-state index contributed by atoms with van der Waals surface area (Å²) in [6, 6.07) is 5.43. The Labute approximate surface area is 216 Å². The number of ether oxygens (including phenoxy) is 3. The molecule has 2 saturated heterocycles. The number of carbonyl (C=O) groups is 2. The molecule has 4 rings (SSSR count). The van der Waals surface area contributed by atoms with Crippen LogP contribution in [-0.2, 0) is 25.6 Å². The van der Waals surface area contributed by atoms with Crippen LogP contribution in [0, 0.1) is 20.8 Å². The fourth-order valence-electron chi connectivity index (χ4n) is 4.56. The SMILES string of the molecule is Cc1nc(C)n(CCC(=O)N2CCOC(COc3ccc(Cl)c(C)c3)(CC(=O)N3CCOCC3)C2)n1. The summed E-state index contributed by atoms with van der Waals surface area (Å²) in [7, 11) is 0. The van der Waals surface area contributed by atoms with Gasteiger partial charge in [-0.3, -0.25) is 9.59 Å². The molecular weight excluding hydrogens is 486 g/mol. The molecule has 2 amide bonds. The maximum Gasteiger partial charge on any atom is 0.225 e. The molecule has 2 fully saturated rings. The normalized spacial score (nSPS) is 20.4. The molecule has 0 aliphatic carbocycles. The van der Waals surface area contributed by atoms with Crippen molar-refractivity contribution in [3.8, 4) is 5.75 Å². The largest absolute Gasteiger partial charge is 0.490 e. The van der Waals surface area contributed by atoms with Crippen molar-refractivity contribution < 1.29 is 23.8 Å². The zero-order valence-electron chi connectivity index (χ0n) is 21.2. The van der Waals surface area contributed by atoms with Gasteiger partial charge in [-0.25, -0.2) is 9.67 Å². The Morgan fingerprint density at radius 3 is 2.53 bits per heavy atom. The number of nitrogens with zero attached hydrogens (tertiary/aromatic N) is 5. The zero-order chi connectivity index (χ0) is 25.7. The summed E-state index contributed by atoms with van der Waals surface area (Å²) in [5, 5.41) is 5.00. The number of aryl methyl sites for hydroxylation is 4. The molecule has 3 heterocycles. The second kappa shape index (κ2) is 11.6. The van der Waals surface area contributed by atoms with E-state index in [0.29, 0.717) is 62.6 Å². The van der Waals surface area contributed by atoms with E-state index in [2.05, 4.69) is 10.1 Å². The molecule has 196 valence electrons. The van der Waals surface area contributed by atoms with Gasteiger partial charge in [-0.1, -0.05) is 11.6 Å². The van der Waals surface area contributed by atoms with E-state index >= 15 is 0 Å². The van der Waals surface area contributed by atoms with E-state index in [9.17, 15) is 9.59 Å². The van der Waals surface area contributed by atoms with Crippen LogP contribution >= 0.6 is 11.6 Å². The first-order chi connectivity index (χ1) is 17.2. The van der Waals surface area contributed by atoms with Gasteiger partial charge >= 0.3 is 0 Å². The second-order valence-corrected chi connectivity index (χ2v) is 9.80. The number of benzene rings is 1. The molecule has 1 aromatic heterocycles. The molecule has 0 spiro atoms. The number of hydrogen-bond acceptors (Lipinski definition) is 7.